The molecule has 0 aromatic heterocycles. The summed E-state index contributed by atoms with van der Waals surface area (Å²) >= 11 is 19.8. The Morgan fingerprint density at radius 3 is 2.59 bits per heavy atom. The Morgan fingerprint density at radius 1 is 1.09 bits per heavy atom. The summed E-state index contributed by atoms with van der Waals surface area (Å²) in [6, 6.07) is 12.5. The summed E-state index contributed by atoms with van der Waals surface area (Å²) in [7, 11) is 0. The quantitative estimate of drug-likeness (QED) is 0.690. The third-order valence-electron chi connectivity index (χ3n) is 3.45. The largest absolute Gasteiger partial charge is 0.322 e. The van der Waals surface area contributed by atoms with E-state index in [4.69, 9.17) is 34.8 Å². The lowest BCUT2D eigenvalue weighted by Gasteiger charge is -2.24. The lowest BCUT2D eigenvalue weighted by molar-refractivity contribution is 0.0760. The van der Waals surface area contributed by atoms with Crippen LogP contribution in [0.4, 0.5) is 0 Å². The summed E-state index contributed by atoms with van der Waals surface area (Å²) < 4.78 is 0. The predicted octanol–water partition coefficient (Wildman–Crippen LogP) is 5.53. The van der Waals surface area contributed by atoms with E-state index in [0.29, 0.717) is 27.2 Å². The van der Waals surface area contributed by atoms with E-state index in [-0.39, 0.29) is 11.3 Å². The van der Waals surface area contributed by atoms with Gasteiger partial charge in [0.15, 0.2) is 0 Å². The molecule has 0 unspecified atom stereocenters. The van der Waals surface area contributed by atoms with E-state index in [2.05, 4.69) is 0 Å². The summed E-state index contributed by atoms with van der Waals surface area (Å²) in [5.41, 5.74) is 1.49. The Morgan fingerprint density at radius 2 is 1.86 bits per heavy atom. The fourth-order valence-electron chi connectivity index (χ4n) is 2.43. The molecule has 3 rings (SSSR count). The second-order valence-electron chi connectivity index (χ2n) is 4.90. The van der Waals surface area contributed by atoms with Crippen molar-refractivity contribution in [1.29, 1.82) is 0 Å². The van der Waals surface area contributed by atoms with Crippen molar-refractivity contribution in [3.63, 3.8) is 0 Å². The number of amides is 1. The van der Waals surface area contributed by atoms with Gasteiger partial charge in [0.25, 0.3) is 5.91 Å². The Hall–Kier alpha value is -0.870. The van der Waals surface area contributed by atoms with Crippen LogP contribution in [0.1, 0.15) is 21.3 Å². The predicted molar refractivity (Wildman–Crippen MR) is 94.1 cm³/mol. The minimum absolute atomic E-state index is 0.0436. The van der Waals surface area contributed by atoms with Crippen LogP contribution in [-0.4, -0.2) is 23.1 Å². The minimum Gasteiger partial charge on any atom is -0.322 e. The van der Waals surface area contributed by atoms with Crippen LogP contribution < -0.4 is 0 Å². The van der Waals surface area contributed by atoms with Gasteiger partial charge in [-0.1, -0.05) is 46.9 Å². The van der Waals surface area contributed by atoms with E-state index < -0.39 is 0 Å². The number of carbonyl (C=O) groups excluding carboxylic acids is 1. The zero-order valence-electron chi connectivity index (χ0n) is 11.4. The fourth-order valence-corrected chi connectivity index (χ4v) is 4.37. The van der Waals surface area contributed by atoms with E-state index in [1.807, 2.05) is 29.2 Å². The van der Waals surface area contributed by atoms with Crippen LogP contribution in [-0.2, 0) is 0 Å². The van der Waals surface area contributed by atoms with Gasteiger partial charge in [-0.3, -0.25) is 4.79 Å². The van der Waals surface area contributed by atoms with Crippen molar-refractivity contribution < 1.29 is 4.79 Å². The molecule has 1 atom stereocenters. The molecule has 0 radical (unpaired) electrons. The van der Waals surface area contributed by atoms with E-state index in [0.717, 1.165) is 11.3 Å². The fraction of sp³-hybridized carbons (Fsp3) is 0.188. The number of benzene rings is 2. The van der Waals surface area contributed by atoms with Gasteiger partial charge in [0.2, 0.25) is 0 Å². The zero-order chi connectivity index (χ0) is 15.7. The molecule has 0 saturated carbocycles. The number of halogens is 3. The Balaban J connectivity index is 1.91. The topological polar surface area (TPSA) is 20.3 Å². The molecule has 2 aromatic carbocycles. The molecule has 22 heavy (non-hydrogen) atoms. The third kappa shape index (κ3) is 3.23. The van der Waals surface area contributed by atoms with Crippen molar-refractivity contribution >= 4 is 52.5 Å². The number of rotatable bonds is 2. The summed E-state index contributed by atoms with van der Waals surface area (Å²) in [6.07, 6.45) is 0. The van der Waals surface area contributed by atoms with Crippen molar-refractivity contribution in [2.24, 2.45) is 0 Å². The molecule has 114 valence electrons. The van der Waals surface area contributed by atoms with Gasteiger partial charge in [-0.25, -0.2) is 0 Å². The first-order valence-corrected chi connectivity index (χ1v) is 8.87. The summed E-state index contributed by atoms with van der Waals surface area (Å²) in [4.78, 5) is 14.6. The SMILES string of the molecule is O=C(c1ccc(Cl)cc1Cl)N1CCS[C@H]1c1cccc(Cl)c1. The second-order valence-corrected chi connectivity index (χ2v) is 7.37. The average Bonchev–Trinajstić information content (AvgIpc) is 2.96. The zero-order valence-corrected chi connectivity index (χ0v) is 14.5. The van der Waals surface area contributed by atoms with Gasteiger partial charge in [0.05, 0.1) is 10.6 Å². The van der Waals surface area contributed by atoms with Crippen LogP contribution in [0.15, 0.2) is 42.5 Å². The summed E-state index contributed by atoms with van der Waals surface area (Å²) in [5, 5.41) is 1.52. The molecule has 1 aliphatic heterocycles. The maximum absolute atomic E-state index is 12.8. The highest BCUT2D eigenvalue weighted by molar-refractivity contribution is 7.99. The molecule has 0 aliphatic carbocycles. The lowest BCUT2D eigenvalue weighted by Crippen LogP contribution is -2.30. The highest BCUT2D eigenvalue weighted by atomic mass is 35.5. The molecule has 1 fully saturated rings. The molecule has 0 N–H and O–H groups in total. The van der Waals surface area contributed by atoms with Crippen molar-refractivity contribution in [3.05, 3.63) is 68.7 Å². The summed E-state index contributed by atoms with van der Waals surface area (Å²) in [6.45, 7) is 0.680. The molecule has 2 aromatic rings. The number of carbonyl (C=O) groups is 1. The first-order valence-electron chi connectivity index (χ1n) is 6.69. The van der Waals surface area contributed by atoms with Gasteiger partial charge in [-0.15, -0.1) is 11.8 Å². The van der Waals surface area contributed by atoms with Gasteiger partial charge in [0, 0.05) is 22.3 Å². The molecule has 1 heterocycles. The summed E-state index contributed by atoms with van der Waals surface area (Å²) in [5.74, 6) is 0.797. The number of thioether (sulfide) groups is 1. The van der Waals surface area contributed by atoms with Gasteiger partial charge in [-0.05, 0) is 35.9 Å². The number of hydrogen-bond acceptors (Lipinski definition) is 2. The first kappa shape index (κ1) is 16.0. The van der Waals surface area contributed by atoms with Crippen molar-refractivity contribution in [3.8, 4) is 0 Å². The molecule has 1 saturated heterocycles. The molecular formula is C16H12Cl3NOS. The monoisotopic (exact) mass is 371 g/mol. The van der Waals surface area contributed by atoms with Gasteiger partial charge >= 0.3 is 0 Å². The highest BCUT2D eigenvalue weighted by Gasteiger charge is 2.32. The third-order valence-corrected chi connectivity index (χ3v) is 5.49. The van der Waals surface area contributed by atoms with Crippen molar-refractivity contribution in [2.45, 2.75) is 5.37 Å². The van der Waals surface area contributed by atoms with Crippen LogP contribution >= 0.6 is 46.6 Å². The van der Waals surface area contributed by atoms with E-state index >= 15 is 0 Å². The van der Waals surface area contributed by atoms with E-state index in [9.17, 15) is 4.79 Å². The van der Waals surface area contributed by atoms with Crippen molar-refractivity contribution in [1.82, 2.24) is 4.90 Å². The van der Waals surface area contributed by atoms with Crippen LogP contribution in [0, 0.1) is 0 Å². The Kier molecular flexibility index (Phi) is 4.88. The van der Waals surface area contributed by atoms with Crippen molar-refractivity contribution in [2.75, 3.05) is 12.3 Å². The smallest absolute Gasteiger partial charge is 0.256 e. The number of nitrogens with zero attached hydrogens (tertiary/aromatic N) is 1. The molecule has 6 heteroatoms. The minimum atomic E-state index is -0.0864. The van der Waals surface area contributed by atoms with Crippen LogP contribution in [0.3, 0.4) is 0 Å². The molecule has 2 nitrogen and oxygen atoms in total. The molecule has 0 spiro atoms. The Labute approximate surface area is 148 Å². The first-order chi connectivity index (χ1) is 10.6. The maximum atomic E-state index is 12.8. The van der Waals surface area contributed by atoms with Gasteiger partial charge in [-0.2, -0.15) is 0 Å². The molecule has 0 bridgehead atoms. The highest BCUT2D eigenvalue weighted by Crippen LogP contribution is 2.40. The normalized spacial score (nSPS) is 17.8. The standard InChI is InChI=1S/C16H12Cl3NOS/c17-11-3-1-2-10(8-11)16-20(6-7-22-16)15(21)13-5-4-12(18)9-14(13)19/h1-5,8-9,16H,6-7H2/t16-/m0/s1. The van der Waals surface area contributed by atoms with Gasteiger partial charge < -0.3 is 4.90 Å². The van der Waals surface area contributed by atoms with Gasteiger partial charge in [0.1, 0.15) is 5.37 Å². The molecule has 1 aliphatic rings. The second kappa shape index (κ2) is 6.71. The van der Waals surface area contributed by atoms with E-state index in [1.165, 1.54) is 0 Å². The molecular weight excluding hydrogens is 361 g/mol. The lowest BCUT2D eigenvalue weighted by atomic mass is 10.1. The number of hydrogen-bond donors (Lipinski definition) is 0. The maximum Gasteiger partial charge on any atom is 0.256 e. The average molecular weight is 373 g/mol. The van der Waals surface area contributed by atoms with Crippen LogP contribution in [0.25, 0.3) is 0 Å². The Bertz CT molecular complexity index is 722. The van der Waals surface area contributed by atoms with Crippen LogP contribution in [0.2, 0.25) is 15.1 Å². The van der Waals surface area contributed by atoms with E-state index in [1.54, 1.807) is 30.0 Å². The van der Waals surface area contributed by atoms with Crippen LogP contribution in [0.5, 0.6) is 0 Å². The molecule has 1 amide bonds.